The summed E-state index contributed by atoms with van der Waals surface area (Å²) in [5.74, 6) is 1.38. The van der Waals surface area contributed by atoms with E-state index in [4.69, 9.17) is 4.74 Å². The van der Waals surface area contributed by atoms with Crippen molar-refractivity contribution in [3.8, 4) is 11.5 Å². The largest absolute Gasteiger partial charge is 0.457 e. The highest BCUT2D eigenvalue weighted by molar-refractivity contribution is 5.82. The lowest BCUT2D eigenvalue weighted by molar-refractivity contribution is -0.121. The molecule has 0 aromatic heterocycles. The Morgan fingerprint density at radius 1 is 0.885 bits per heavy atom. The Balaban J connectivity index is 1.50. The van der Waals surface area contributed by atoms with Crippen molar-refractivity contribution in [3.63, 3.8) is 0 Å². The standard InChI is InChI=1S/C22H20N2O2/c25-22(15-14-18-8-3-1-4-9-18)24-23-17-19-10-7-13-21(16-19)26-20-11-5-2-6-12-20/h1-13,16-17H,14-15H2,(H,24,25)/b23-17-. The van der Waals surface area contributed by atoms with Gasteiger partial charge in [-0.25, -0.2) is 5.43 Å². The molecule has 26 heavy (non-hydrogen) atoms. The minimum Gasteiger partial charge on any atom is -0.457 e. The van der Waals surface area contributed by atoms with Gasteiger partial charge < -0.3 is 4.74 Å². The van der Waals surface area contributed by atoms with Crippen molar-refractivity contribution in [2.45, 2.75) is 12.8 Å². The molecule has 4 nitrogen and oxygen atoms in total. The monoisotopic (exact) mass is 344 g/mol. The molecule has 1 amide bonds. The number of rotatable bonds is 7. The van der Waals surface area contributed by atoms with Crippen molar-refractivity contribution in [2.75, 3.05) is 0 Å². The first-order valence-electron chi connectivity index (χ1n) is 8.48. The fourth-order valence-corrected chi connectivity index (χ4v) is 2.42. The average Bonchev–Trinajstić information content (AvgIpc) is 2.68. The van der Waals surface area contributed by atoms with Gasteiger partial charge in [0, 0.05) is 6.42 Å². The first-order chi connectivity index (χ1) is 12.8. The molecule has 0 aliphatic rings. The van der Waals surface area contributed by atoms with Crippen molar-refractivity contribution < 1.29 is 9.53 Å². The Labute approximate surface area is 153 Å². The molecule has 0 bridgehead atoms. The van der Waals surface area contributed by atoms with Gasteiger partial charge in [0.15, 0.2) is 0 Å². The zero-order valence-corrected chi connectivity index (χ0v) is 14.3. The highest BCUT2D eigenvalue weighted by Crippen LogP contribution is 2.21. The molecule has 0 spiro atoms. The van der Waals surface area contributed by atoms with E-state index < -0.39 is 0 Å². The van der Waals surface area contributed by atoms with Crippen LogP contribution in [0.15, 0.2) is 90.0 Å². The van der Waals surface area contributed by atoms with Gasteiger partial charge in [0.2, 0.25) is 5.91 Å². The Morgan fingerprint density at radius 2 is 1.58 bits per heavy atom. The maximum atomic E-state index is 11.9. The van der Waals surface area contributed by atoms with Crippen LogP contribution in [0.3, 0.4) is 0 Å². The summed E-state index contributed by atoms with van der Waals surface area (Å²) in [7, 11) is 0. The van der Waals surface area contributed by atoms with Gasteiger partial charge in [0.05, 0.1) is 6.21 Å². The first kappa shape index (κ1) is 17.4. The topological polar surface area (TPSA) is 50.7 Å². The zero-order chi connectivity index (χ0) is 18.0. The molecular weight excluding hydrogens is 324 g/mol. The van der Waals surface area contributed by atoms with Gasteiger partial charge in [0.1, 0.15) is 11.5 Å². The third-order valence-corrected chi connectivity index (χ3v) is 3.72. The van der Waals surface area contributed by atoms with Gasteiger partial charge in [-0.2, -0.15) is 5.10 Å². The number of hydrazone groups is 1. The van der Waals surface area contributed by atoms with Crippen LogP contribution in [0, 0.1) is 0 Å². The molecule has 3 rings (SSSR count). The minimum absolute atomic E-state index is 0.109. The summed E-state index contributed by atoms with van der Waals surface area (Å²) in [6.45, 7) is 0. The fraction of sp³-hybridized carbons (Fsp3) is 0.0909. The van der Waals surface area contributed by atoms with Crippen LogP contribution >= 0.6 is 0 Å². The second-order valence-electron chi connectivity index (χ2n) is 5.77. The van der Waals surface area contributed by atoms with E-state index in [1.807, 2.05) is 84.9 Å². The number of hydrogen-bond acceptors (Lipinski definition) is 3. The van der Waals surface area contributed by atoms with Crippen LogP contribution in [-0.4, -0.2) is 12.1 Å². The number of hydrogen-bond donors (Lipinski definition) is 1. The second-order valence-corrected chi connectivity index (χ2v) is 5.77. The molecule has 0 unspecified atom stereocenters. The molecule has 0 atom stereocenters. The fourth-order valence-electron chi connectivity index (χ4n) is 2.42. The summed E-state index contributed by atoms with van der Waals surface area (Å²) in [6, 6.07) is 27.0. The quantitative estimate of drug-likeness (QED) is 0.504. The molecule has 0 saturated heterocycles. The highest BCUT2D eigenvalue weighted by atomic mass is 16.5. The third-order valence-electron chi connectivity index (χ3n) is 3.72. The van der Waals surface area contributed by atoms with E-state index in [1.54, 1.807) is 6.21 Å². The second kappa shape index (κ2) is 9.18. The molecule has 0 fully saturated rings. The Hall–Kier alpha value is -3.40. The predicted molar refractivity (Wildman–Crippen MR) is 103 cm³/mol. The van der Waals surface area contributed by atoms with E-state index in [-0.39, 0.29) is 5.91 Å². The Morgan fingerprint density at radius 3 is 2.35 bits per heavy atom. The molecule has 0 saturated carbocycles. The van der Waals surface area contributed by atoms with Gasteiger partial charge >= 0.3 is 0 Å². The van der Waals surface area contributed by atoms with Crippen molar-refractivity contribution in [2.24, 2.45) is 5.10 Å². The van der Waals surface area contributed by atoms with Crippen molar-refractivity contribution in [1.82, 2.24) is 5.43 Å². The van der Waals surface area contributed by atoms with Crippen molar-refractivity contribution >= 4 is 12.1 Å². The lowest BCUT2D eigenvalue weighted by Gasteiger charge is -2.05. The lowest BCUT2D eigenvalue weighted by Crippen LogP contribution is -2.17. The number of aryl methyl sites for hydroxylation is 1. The SMILES string of the molecule is O=C(CCc1ccccc1)N/N=C\c1cccc(Oc2ccccc2)c1. The van der Waals surface area contributed by atoms with Crippen LogP contribution in [0.4, 0.5) is 0 Å². The molecule has 4 heteroatoms. The van der Waals surface area contributed by atoms with Gasteiger partial charge in [-0.3, -0.25) is 4.79 Å². The van der Waals surface area contributed by atoms with Gasteiger partial charge in [-0.05, 0) is 41.8 Å². The maximum absolute atomic E-state index is 11.9. The average molecular weight is 344 g/mol. The van der Waals surface area contributed by atoms with Crippen LogP contribution in [0.2, 0.25) is 0 Å². The van der Waals surface area contributed by atoms with Crippen LogP contribution in [0.5, 0.6) is 11.5 Å². The molecule has 0 radical (unpaired) electrons. The molecule has 3 aromatic rings. The molecular formula is C22H20N2O2. The summed E-state index contributed by atoms with van der Waals surface area (Å²) in [6.07, 6.45) is 2.71. The summed E-state index contributed by atoms with van der Waals surface area (Å²) in [4.78, 5) is 11.9. The summed E-state index contributed by atoms with van der Waals surface area (Å²) < 4.78 is 5.78. The summed E-state index contributed by atoms with van der Waals surface area (Å²) >= 11 is 0. The summed E-state index contributed by atoms with van der Waals surface area (Å²) in [5.41, 5.74) is 4.55. The molecule has 0 aliphatic heterocycles. The van der Waals surface area contributed by atoms with Crippen molar-refractivity contribution in [1.29, 1.82) is 0 Å². The van der Waals surface area contributed by atoms with Crippen LogP contribution < -0.4 is 10.2 Å². The summed E-state index contributed by atoms with van der Waals surface area (Å²) in [5, 5.41) is 4.02. The van der Waals surface area contributed by atoms with E-state index in [9.17, 15) is 4.79 Å². The number of nitrogens with one attached hydrogen (secondary N) is 1. The van der Waals surface area contributed by atoms with Crippen LogP contribution in [0.1, 0.15) is 17.5 Å². The molecule has 1 N–H and O–H groups in total. The Kier molecular flexibility index (Phi) is 6.15. The normalized spacial score (nSPS) is 10.6. The Bertz CT molecular complexity index is 862. The van der Waals surface area contributed by atoms with Crippen LogP contribution in [-0.2, 0) is 11.2 Å². The molecule has 0 heterocycles. The number of benzene rings is 3. The number of nitrogens with zero attached hydrogens (tertiary/aromatic N) is 1. The third kappa shape index (κ3) is 5.60. The number of ether oxygens (including phenoxy) is 1. The smallest absolute Gasteiger partial charge is 0.240 e. The number of amides is 1. The van der Waals surface area contributed by atoms with E-state index in [2.05, 4.69) is 10.5 Å². The number of carbonyl (C=O) groups is 1. The van der Waals surface area contributed by atoms with Crippen LogP contribution in [0.25, 0.3) is 0 Å². The van der Waals surface area contributed by atoms with Gasteiger partial charge in [-0.1, -0.05) is 60.7 Å². The first-order valence-corrected chi connectivity index (χ1v) is 8.48. The van der Waals surface area contributed by atoms with Crippen molar-refractivity contribution in [3.05, 3.63) is 96.1 Å². The zero-order valence-electron chi connectivity index (χ0n) is 14.3. The van der Waals surface area contributed by atoms with E-state index in [0.717, 1.165) is 22.6 Å². The maximum Gasteiger partial charge on any atom is 0.240 e. The highest BCUT2D eigenvalue weighted by Gasteiger charge is 2.01. The molecule has 0 aliphatic carbocycles. The van der Waals surface area contributed by atoms with E-state index in [1.165, 1.54) is 0 Å². The van der Waals surface area contributed by atoms with E-state index >= 15 is 0 Å². The van der Waals surface area contributed by atoms with Gasteiger partial charge in [0.25, 0.3) is 0 Å². The molecule has 3 aromatic carbocycles. The lowest BCUT2D eigenvalue weighted by atomic mass is 10.1. The van der Waals surface area contributed by atoms with Gasteiger partial charge in [-0.15, -0.1) is 0 Å². The number of carbonyl (C=O) groups excluding carboxylic acids is 1. The number of para-hydroxylation sites is 1. The van der Waals surface area contributed by atoms with E-state index in [0.29, 0.717) is 12.8 Å². The molecule has 130 valence electrons. The predicted octanol–water partition coefficient (Wildman–Crippen LogP) is 4.56. The minimum atomic E-state index is -0.109.